The van der Waals surface area contributed by atoms with Gasteiger partial charge in [0, 0.05) is 31.6 Å². The molecule has 0 radical (unpaired) electrons. The van der Waals surface area contributed by atoms with Gasteiger partial charge in [-0.15, -0.1) is 0 Å². The zero-order valence-corrected chi connectivity index (χ0v) is 11.0. The molecular formula is C17H16N2. The van der Waals surface area contributed by atoms with Crippen molar-refractivity contribution in [3.63, 3.8) is 0 Å². The average Bonchev–Trinajstić information content (AvgIpc) is 3.02. The van der Waals surface area contributed by atoms with E-state index in [-0.39, 0.29) is 0 Å². The van der Waals surface area contributed by atoms with E-state index < -0.39 is 0 Å². The zero-order valence-electron chi connectivity index (χ0n) is 11.0. The Hall–Kier alpha value is -2.22. The first-order valence-corrected chi connectivity index (χ1v) is 6.68. The molecule has 0 unspecified atom stereocenters. The highest BCUT2D eigenvalue weighted by molar-refractivity contribution is 5.82. The molecule has 4 rings (SSSR count). The third-order valence-corrected chi connectivity index (χ3v) is 4.01. The number of anilines is 1. The molecule has 2 heteroatoms. The van der Waals surface area contributed by atoms with Crippen LogP contribution in [0.4, 0.5) is 5.69 Å². The van der Waals surface area contributed by atoms with E-state index in [2.05, 4.69) is 71.7 Å². The highest BCUT2D eigenvalue weighted by atomic mass is 15.3. The fourth-order valence-corrected chi connectivity index (χ4v) is 3.09. The van der Waals surface area contributed by atoms with Crippen molar-refractivity contribution in [1.82, 2.24) is 4.90 Å². The van der Waals surface area contributed by atoms with Gasteiger partial charge in [0.1, 0.15) is 0 Å². The maximum atomic E-state index is 2.32. The van der Waals surface area contributed by atoms with E-state index in [1.165, 1.54) is 27.9 Å². The number of benzene rings is 2. The van der Waals surface area contributed by atoms with Crippen LogP contribution in [-0.4, -0.2) is 18.6 Å². The summed E-state index contributed by atoms with van der Waals surface area (Å²) in [7, 11) is 2.11. The van der Waals surface area contributed by atoms with Crippen LogP contribution < -0.4 is 4.90 Å². The van der Waals surface area contributed by atoms with Gasteiger partial charge < -0.3 is 9.80 Å². The van der Waals surface area contributed by atoms with Crippen molar-refractivity contribution in [2.24, 2.45) is 0 Å². The van der Waals surface area contributed by atoms with E-state index in [4.69, 9.17) is 0 Å². The molecule has 0 spiro atoms. The van der Waals surface area contributed by atoms with Gasteiger partial charge in [0.2, 0.25) is 0 Å². The van der Waals surface area contributed by atoms with Gasteiger partial charge in [-0.25, -0.2) is 0 Å². The Balaban J connectivity index is 1.83. The smallest absolute Gasteiger partial charge is 0.0939 e. The predicted octanol–water partition coefficient (Wildman–Crippen LogP) is 3.44. The predicted molar refractivity (Wildman–Crippen MR) is 78.9 cm³/mol. The molecule has 0 atom stereocenters. The van der Waals surface area contributed by atoms with Gasteiger partial charge in [-0.3, -0.25) is 0 Å². The van der Waals surface area contributed by atoms with Crippen molar-refractivity contribution in [3.05, 3.63) is 66.0 Å². The van der Waals surface area contributed by atoms with Gasteiger partial charge in [-0.1, -0.05) is 36.4 Å². The molecule has 0 N–H and O–H groups in total. The molecule has 0 saturated carbocycles. The number of hydrogen-bond donors (Lipinski definition) is 0. The van der Waals surface area contributed by atoms with Crippen LogP contribution in [0.25, 0.3) is 11.1 Å². The topological polar surface area (TPSA) is 6.48 Å². The Labute approximate surface area is 113 Å². The van der Waals surface area contributed by atoms with Gasteiger partial charge in [-0.05, 0) is 28.3 Å². The number of fused-ring (bicyclic) bond motifs is 3. The average molecular weight is 248 g/mol. The van der Waals surface area contributed by atoms with Crippen molar-refractivity contribution in [3.8, 4) is 11.1 Å². The van der Waals surface area contributed by atoms with Crippen LogP contribution in [0.3, 0.4) is 0 Å². The van der Waals surface area contributed by atoms with Gasteiger partial charge in [-0.2, -0.15) is 0 Å². The zero-order chi connectivity index (χ0) is 12.8. The second-order valence-electron chi connectivity index (χ2n) is 5.30. The van der Waals surface area contributed by atoms with E-state index in [0.29, 0.717) is 0 Å². The van der Waals surface area contributed by atoms with Crippen LogP contribution in [0.1, 0.15) is 11.1 Å². The first-order valence-electron chi connectivity index (χ1n) is 6.68. The minimum Gasteiger partial charge on any atom is -0.361 e. The van der Waals surface area contributed by atoms with E-state index in [1.54, 1.807) is 0 Å². The van der Waals surface area contributed by atoms with Crippen LogP contribution in [0.15, 0.2) is 54.9 Å². The third kappa shape index (κ3) is 1.56. The first-order chi connectivity index (χ1) is 9.33. The number of rotatable bonds is 1. The lowest BCUT2D eigenvalue weighted by atomic mass is 10.0. The van der Waals surface area contributed by atoms with Gasteiger partial charge in [0.05, 0.1) is 6.67 Å². The summed E-state index contributed by atoms with van der Waals surface area (Å²) in [5.41, 5.74) is 7.05. The molecule has 0 saturated heterocycles. The van der Waals surface area contributed by atoms with E-state index >= 15 is 0 Å². The Morgan fingerprint density at radius 3 is 2.58 bits per heavy atom. The van der Waals surface area contributed by atoms with Crippen LogP contribution in [0, 0.1) is 0 Å². The SMILES string of the molecule is CN1C=CN(c2cccc3c2Cc2ccccc2-3)C1. The summed E-state index contributed by atoms with van der Waals surface area (Å²) >= 11 is 0. The second kappa shape index (κ2) is 3.89. The highest BCUT2D eigenvalue weighted by Gasteiger charge is 2.23. The molecule has 2 aliphatic rings. The lowest BCUT2D eigenvalue weighted by Gasteiger charge is -2.21. The van der Waals surface area contributed by atoms with Crippen LogP contribution >= 0.6 is 0 Å². The Kier molecular flexibility index (Phi) is 2.18. The number of nitrogens with zero attached hydrogens (tertiary/aromatic N) is 2. The third-order valence-electron chi connectivity index (χ3n) is 4.01. The maximum Gasteiger partial charge on any atom is 0.0939 e. The van der Waals surface area contributed by atoms with Crippen molar-refractivity contribution in [2.45, 2.75) is 6.42 Å². The molecule has 1 heterocycles. The first kappa shape index (κ1) is 10.7. The van der Waals surface area contributed by atoms with Crippen LogP contribution in [-0.2, 0) is 6.42 Å². The minimum absolute atomic E-state index is 0.937. The summed E-state index contributed by atoms with van der Waals surface area (Å²) in [6, 6.07) is 15.4. The summed E-state index contributed by atoms with van der Waals surface area (Å²) in [5.74, 6) is 0. The van der Waals surface area contributed by atoms with Crippen molar-refractivity contribution < 1.29 is 0 Å². The quantitative estimate of drug-likeness (QED) is 0.651. The maximum absolute atomic E-state index is 2.32. The molecule has 2 aromatic carbocycles. The van der Waals surface area contributed by atoms with E-state index in [1.807, 2.05) is 0 Å². The van der Waals surface area contributed by atoms with Gasteiger partial charge in [0.25, 0.3) is 0 Å². The van der Waals surface area contributed by atoms with Crippen molar-refractivity contribution in [2.75, 3.05) is 18.6 Å². The largest absolute Gasteiger partial charge is 0.361 e. The summed E-state index contributed by atoms with van der Waals surface area (Å²) in [5, 5.41) is 0. The molecule has 0 fully saturated rings. The molecule has 2 aromatic rings. The molecular weight excluding hydrogens is 232 g/mol. The molecule has 2 nitrogen and oxygen atoms in total. The van der Waals surface area contributed by atoms with Crippen LogP contribution in [0.2, 0.25) is 0 Å². The summed E-state index contributed by atoms with van der Waals surface area (Å²) in [6.07, 6.45) is 5.34. The Morgan fingerprint density at radius 2 is 1.74 bits per heavy atom. The lowest BCUT2D eigenvalue weighted by molar-refractivity contribution is 0.495. The van der Waals surface area contributed by atoms with Crippen molar-refractivity contribution >= 4 is 5.69 Å². The summed E-state index contributed by atoms with van der Waals surface area (Å²) < 4.78 is 0. The monoisotopic (exact) mass is 248 g/mol. The van der Waals surface area contributed by atoms with Crippen molar-refractivity contribution in [1.29, 1.82) is 0 Å². The summed E-state index contributed by atoms with van der Waals surface area (Å²) in [4.78, 5) is 4.52. The molecule has 0 bridgehead atoms. The fourth-order valence-electron chi connectivity index (χ4n) is 3.09. The molecule has 0 amide bonds. The molecule has 0 aromatic heterocycles. The Bertz CT molecular complexity index is 673. The summed E-state index contributed by atoms with van der Waals surface area (Å²) in [6.45, 7) is 0.937. The molecule has 1 aliphatic carbocycles. The minimum atomic E-state index is 0.937. The second-order valence-corrected chi connectivity index (χ2v) is 5.30. The normalized spacial score (nSPS) is 15.8. The standard InChI is InChI=1S/C17H16N2/c1-18-9-10-19(12-18)17-8-4-7-15-14-6-3-2-5-13(14)11-16(15)17/h2-10H,11-12H2,1H3. The van der Waals surface area contributed by atoms with Crippen LogP contribution in [0.5, 0.6) is 0 Å². The molecule has 1 aliphatic heterocycles. The molecule has 94 valence electrons. The number of hydrogen-bond acceptors (Lipinski definition) is 2. The van der Waals surface area contributed by atoms with Gasteiger partial charge >= 0.3 is 0 Å². The van der Waals surface area contributed by atoms with Gasteiger partial charge in [0.15, 0.2) is 0 Å². The highest BCUT2D eigenvalue weighted by Crippen LogP contribution is 2.41. The Morgan fingerprint density at radius 1 is 0.895 bits per heavy atom. The molecule has 19 heavy (non-hydrogen) atoms. The lowest BCUT2D eigenvalue weighted by Crippen LogP contribution is -2.22. The fraction of sp³-hybridized carbons (Fsp3) is 0.176. The van der Waals surface area contributed by atoms with E-state index in [9.17, 15) is 0 Å². The van der Waals surface area contributed by atoms with E-state index in [0.717, 1.165) is 13.1 Å².